The monoisotopic (exact) mass is 614 g/mol. The van der Waals surface area contributed by atoms with Crippen molar-refractivity contribution in [2.75, 3.05) is 23.0 Å². The standard InChI is InChI=1S/C33H38N4O6Si/c1-19-30(44(2,3)42)28(16-29(39)37-17-22-7-5-4-6-21(22)14-25(37)18-38)43-33(19)26-15-24(12-13-27(26)36-32(33)41)35-31(40)20-8-10-23(34)11-9-20/h4-13,15,19,25,28,30,38,42H,14,16-18,34H2,1-3H3,(H,35,40)(H,36,41)/t19-,25+,28+,30-,33+/m1/s1. The van der Waals surface area contributed by atoms with Gasteiger partial charge in [-0.3, -0.25) is 14.4 Å². The van der Waals surface area contributed by atoms with Crippen molar-refractivity contribution in [2.24, 2.45) is 5.92 Å². The maximum absolute atomic E-state index is 13.9. The summed E-state index contributed by atoms with van der Waals surface area (Å²) in [4.78, 5) is 53.8. The molecule has 0 unspecified atom stereocenters. The Morgan fingerprint density at radius 2 is 1.82 bits per heavy atom. The zero-order valence-corrected chi connectivity index (χ0v) is 26.0. The van der Waals surface area contributed by atoms with Crippen LogP contribution >= 0.6 is 0 Å². The molecule has 0 saturated carbocycles. The molecule has 1 spiro atoms. The number of amides is 3. The second kappa shape index (κ2) is 11.2. The van der Waals surface area contributed by atoms with Crippen LogP contribution in [0.2, 0.25) is 18.6 Å². The number of nitrogens with zero attached hydrogens (tertiary/aromatic N) is 1. The summed E-state index contributed by atoms with van der Waals surface area (Å²) in [6.07, 6.45) is -0.220. The number of rotatable bonds is 6. The molecule has 3 aromatic rings. The Kier molecular flexibility index (Phi) is 7.61. The summed E-state index contributed by atoms with van der Waals surface area (Å²) in [7, 11) is -2.99. The van der Waals surface area contributed by atoms with Crippen molar-refractivity contribution in [3.05, 3.63) is 89.0 Å². The second-order valence-electron chi connectivity index (χ2n) is 12.7. The van der Waals surface area contributed by atoms with Gasteiger partial charge < -0.3 is 35.9 Å². The van der Waals surface area contributed by atoms with Crippen LogP contribution in [0.4, 0.5) is 17.1 Å². The lowest BCUT2D eigenvalue weighted by molar-refractivity contribution is -0.149. The second-order valence-corrected chi connectivity index (χ2v) is 16.7. The zero-order chi connectivity index (χ0) is 31.4. The molecule has 3 heterocycles. The normalized spacial score (nSPS) is 25.8. The van der Waals surface area contributed by atoms with Crippen LogP contribution in [0, 0.1) is 5.92 Å². The maximum atomic E-state index is 13.9. The Morgan fingerprint density at radius 3 is 2.50 bits per heavy atom. The number of anilines is 3. The van der Waals surface area contributed by atoms with Gasteiger partial charge in [0.15, 0.2) is 13.9 Å². The van der Waals surface area contributed by atoms with E-state index in [0.29, 0.717) is 41.2 Å². The van der Waals surface area contributed by atoms with E-state index < -0.39 is 31.5 Å². The van der Waals surface area contributed by atoms with Crippen molar-refractivity contribution in [3.63, 3.8) is 0 Å². The molecule has 11 heteroatoms. The van der Waals surface area contributed by atoms with Crippen LogP contribution in [0.15, 0.2) is 66.7 Å². The fraction of sp³-hybridized carbons (Fsp3) is 0.364. The van der Waals surface area contributed by atoms with Gasteiger partial charge in [-0.15, -0.1) is 0 Å². The number of hydrogen-bond acceptors (Lipinski definition) is 7. The highest BCUT2D eigenvalue weighted by atomic mass is 28.4. The first-order valence-electron chi connectivity index (χ1n) is 14.9. The Bertz CT molecular complexity index is 1620. The summed E-state index contributed by atoms with van der Waals surface area (Å²) in [5, 5.41) is 16.0. The first kappa shape index (κ1) is 30.0. The number of aliphatic hydroxyl groups is 1. The van der Waals surface area contributed by atoms with Crippen molar-refractivity contribution >= 4 is 43.1 Å². The average Bonchev–Trinajstić information content (AvgIpc) is 3.44. The first-order chi connectivity index (χ1) is 20.9. The van der Waals surface area contributed by atoms with E-state index in [1.54, 1.807) is 60.5 Å². The number of carbonyl (C=O) groups is 3. The minimum atomic E-state index is -2.99. The topological polar surface area (TPSA) is 154 Å². The van der Waals surface area contributed by atoms with E-state index in [4.69, 9.17) is 10.5 Å². The van der Waals surface area contributed by atoms with Gasteiger partial charge in [-0.25, -0.2) is 0 Å². The van der Waals surface area contributed by atoms with Gasteiger partial charge in [-0.05, 0) is 73.1 Å². The van der Waals surface area contributed by atoms with Gasteiger partial charge in [0.25, 0.3) is 11.8 Å². The van der Waals surface area contributed by atoms with Crippen LogP contribution in [-0.2, 0) is 32.9 Å². The van der Waals surface area contributed by atoms with Gasteiger partial charge in [-0.1, -0.05) is 31.2 Å². The molecule has 44 heavy (non-hydrogen) atoms. The highest BCUT2D eigenvalue weighted by Gasteiger charge is 2.65. The van der Waals surface area contributed by atoms with Crippen LogP contribution in [0.3, 0.4) is 0 Å². The molecule has 3 aliphatic rings. The summed E-state index contributed by atoms with van der Waals surface area (Å²) in [5.74, 6) is -1.35. The van der Waals surface area contributed by atoms with Crippen LogP contribution in [0.25, 0.3) is 0 Å². The molecule has 1 fully saturated rings. The predicted molar refractivity (Wildman–Crippen MR) is 169 cm³/mol. The molecular weight excluding hydrogens is 576 g/mol. The van der Waals surface area contributed by atoms with Crippen molar-refractivity contribution in [2.45, 2.75) is 62.7 Å². The van der Waals surface area contributed by atoms with Crippen LogP contribution in [-0.4, -0.2) is 59.6 Å². The molecule has 3 aromatic carbocycles. The molecular formula is C33H38N4O6Si. The Morgan fingerprint density at radius 1 is 1.11 bits per heavy atom. The average molecular weight is 615 g/mol. The quantitative estimate of drug-likeness (QED) is 0.210. The zero-order valence-electron chi connectivity index (χ0n) is 25.0. The number of carbonyl (C=O) groups excluding carboxylic acids is 3. The fourth-order valence-corrected chi connectivity index (χ4v) is 9.90. The van der Waals surface area contributed by atoms with E-state index in [1.165, 1.54) is 0 Å². The summed E-state index contributed by atoms with van der Waals surface area (Å²) < 4.78 is 6.68. The third-order valence-electron chi connectivity index (χ3n) is 9.43. The number of benzene rings is 3. The smallest absolute Gasteiger partial charge is 0.261 e. The minimum Gasteiger partial charge on any atom is -0.432 e. The van der Waals surface area contributed by atoms with E-state index in [0.717, 1.165) is 11.1 Å². The highest BCUT2D eigenvalue weighted by molar-refractivity contribution is 6.71. The van der Waals surface area contributed by atoms with Gasteiger partial charge in [0, 0.05) is 46.2 Å². The van der Waals surface area contributed by atoms with Crippen molar-refractivity contribution in [1.29, 1.82) is 0 Å². The third kappa shape index (κ3) is 5.09. The molecule has 0 radical (unpaired) electrons. The Labute approximate surface area is 257 Å². The van der Waals surface area contributed by atoms with Gasteiger partial charge >= 0.3 is 0 Å². The number of nitrogens with two attached hydrogens (primary N) is 1. The van der Waals surface area contributed by atoms with Crippen LogP contribution < -0.4 is 16.4 Å². The molecule has 6 N–H and O–H groups in total. The number of nitrogen functional groups attached to an aromatic ring is 1. The first-order valence-corrected chi connectivity index (χ1v) is 17.9. The van der Waals surface area contributed by atoms with Gasteiger partial charge in [0.05, 0.1) is 25.2 Å². The predicted octanol–water partition coefficient (Wildman–Crippen LogP) is 3.61. The van der Waals surface area contributed by atoms with E-state index >= 15 is 0 Å². The third-order valence-corrected chi connectivity index (χ3v) is 11.9. The molecule has 230 valence electrons. The van der Waals surface area contributed by atoms with E-state index in [2.05, 4.69) is 10.6 Å². The molecule has 0 aliphatic carbocycles. The Hall–Kier alpha value is -4.03. The number of nitrogens with one attached hydrogen (secondary N) is 2. The van der Waals surface area contributed by atoms with Crippen LogP contribution in [0.1, 0.15) is 40.4 Å². The number of fused-ring (bicyclic) bond motifs is 3. The van der Waals surface area contributed by atoms with E-state index in [-0.39, 0.29) is 36.8 Å². The van der Waals surface area contributed by atoms with Crippen molar-refractivity contribution in [1.82, 2.24) is 4.90 Å². The minimum absolute atomic E-state index is 0.0391. The van der Waals surface area contributed by atoms with Crippen molar-refractivity contribution in [3.8, 4) is 0 Å². The molecule has 0 aromatic heterocycles. The fourth-order valence-electron chi connectivity index (χ4n) is 7.34. The molecule has 6 rings (SSSR count). The number of aliphatic hydroxyl groups excluding tert-OH is 1. The Balaban J connectivity index is 1.30. The van der Waals surface area contributed by atoms with E-state index in [1.807, 2.05) is 31.2 Å². The summed E-state index contributed by atoms with van der Waals surface area (Å²) in [5.41, 5.74) is 8.59. The molecule has 5 atom stereocenters. The lowest BCUT2D eigenvalue weighted by atomic mass is 9.82. The number of hydrogen-bond donors (Lipinski definition) is 5. The molecule has 3 aliphatic heterocycles. The summed E-state index contributed by atoms with van der Waals surface area (Å²) >= 11 is 0. The molecule has 1 saturated heterocycles. The molecule has 0 bridgehead atoms. The van der Waals surface area contributed by atoms with E-state index in [9.17, 15) is 24.3 Å². The molecule has 10 nitrogen and oxygen atoms in total. The number of ether oxygens (including phenoxy) is 1. The summed E-state index contributed by atoms with van der Waals surface area (Å²) in [6, 6.07) is 19.3. The van der Waals surface area contributed by atoms with Gasteiger partial charge in [-0.2, -0.15) is 0 Å². The largest absolute Gasteiger partial charge is 0.432 e. The highest BCUT2D eigenvalue weighted by Crippen LogP contribution is 2.58. The lowest BCUT2D eigenvalue weighted by Crippen LogP contribution is -2.48. The van der Waals surface area contributed by atoms with Gasteiger partial charge in [0.2, 0.25) is 5.91 Å². The maximum Gasteiger partial charge on any atom is 0.261 e. The van der Waals surface area contributed by atoms with Gasteiger partial charge in [0.1, 0.15) is 0 Å². The lowest BCUT2D eigenvalue weighted by Gasteiger charge is -2.37. The molecule has 3 amide bonds. The van der Waals surface area contributed by atoms with Crippen LogP contribution in [0.5, 0.6) is 0 Å². The SMILES string of the molecule is C[C@@H]1[C@@H]([Si](C)(C)O)[C@H](CC(=O)N2Cc3ccccc3C[C@H]2CO)O[C@@]12C(=O)Nc1ccc(NC(=O)c3ccc(N)cc3)cc12. The summed E-state index contributed by atoms with van der Waals surface area (Å²) in [6.45, 7) is 5.70. The van der Waals surface area contributed by atoms with Crippen molar-refractivity contribution < 1.29 is 29.0 Å².